The third-order valence-electron chi connectivity index (χ3n) is 2.96. The first-order chi connectivity index (χ1) is 8.34. The molecule has 0 aliphatic carbocycles. The highest BCUT2D eigenvalue weighted by atomic mass is 16.7. The summed E-state index contributed by atoms with van der Waals surface area (Å²) in [6.45, 7) is 1.70. The summed E-state index contributed by atoms with van der Waals surface area (Å²) in [7, 11) is 0. The molecule has 4 heteroatoms. The highest BCUT2D eigenvalue weighted by molar-refractivity contribution is 5.95. The van der Waals surface area contributed by atoms with Gasteiger partial charge in [-0.05, 0) is 24.6 Å². The van der Waals surface area contributed by atoms with Crippen LogP contribution in [0.1, 0.15) is 16.8 Å². The average Bonchev–Trinajstić information content (AvgIpc) is 2.86. The fourth-order valence-corrected chi connectivity index (χ4v) is 2.04. The van der Waals surface area contributed by atoms with Crippen LogP contribution in [0.4, 0.5) is 0 Å². The molecule has 1 amide bonds. The van der Waals surface area contributed by atoms with Gasteiger partial charge in [-0.15, -0.1) is 0 Å². The molecule has 0 saturated carbocycles. The van der Waals surface area contributed by atoms with Gasteiger partial charge < -0.3 is 14.4 Å². The van der Waals surface area contributed by atoms with Gasteiger partial charge in [-0.3, -0.25) is 4.79 Å². The van der Waals surface area contributed by atoms with Gasteiger partial charge in [0, 0.05) is 18.7 Å². The lowest BCUT2D eigenvalue weighted by Gasteiger charge is -2.23. The van der Waals surface area contributed by atoms with Crippen molar-refractivity contribution >= 4 is 5.91 Å². The van der Waals surface area contributed by atoms with Gasteiger partial charge in [0.25, 0.3) is 5.91 Å². The van der Waals surface area contributed by atoms with E-state index in [1.165, 1.54) is 0 Å². The summed E-state index contributed by atoms with van der Waals surface area (Å²) in [6.07, 6.45) is 5.05. The average molecular weight is 231 g/mol. The van der Waals surface area contributed by atoms with E-state index in [2.05, 4.69) is 6.08 Å². The van der Waals surface area contributed by atoms with Gasteiger partial charge in [-0.25, -0.2) is 0 Å². The van der Waals surface area contributed by atoms with Crippen molar-refractivity contribution in [3.05, 3.63) is 35.9 Å². The fraction of sp³-hybridized carbons (Fsp3) is 0.308. The van der Waals surface area contributed by atoms with Crippen LogP contribution in [0.2, 0.25) is 0 Å². The van der Waals surface area contributed by atoms with E-state index in [1.54, 1.807) is 18.2 Å². The number of nitrogens with zero attached hydrogens (tertiary/aromatic N) is 1. The number of rotatable bonds is 1. The first-order valence-electron chi connectivity index (χ1n) is 5.68. The van der Waals surface area contributed by atoms with Crippen molar-refractivity contribution in [2.24, 2.45) is 0 Å². The molecular formula is C13H13NO3. The summed E-state index contributed by atoms with van der Waals surface area (Å²) in [5, 5.41) is 0. The second kappa shape index (κ2) is 4.13. The van der Waals surface area contributed by atoms with Crippen LogP contribution in [-0.2, 0) is 0 Å². The summed E-state index contributed by atoms with van der Waals surface area (Å²) in [4.78, 5) is 14.0. The molecule has 1 aromatic carbocycles. The summed E-state index contributed by atoms with van der Waals surface area (Å²) in [6, 6.07) is 5.33. The number of carbonyl (C=O) groups excluding carboxylic acids is 1. The van der Waals surface area contributed by atoms with Crippen molar-refractivity contribution in [2.45, 2.75) is 6.42 Å². The van der Waals surface area contributed by atoms with E-state index in [1.807, 2.05) is 11.0 Å². The molecule has 0 radical (unpaired) electrons. The topological polar surface area (TPSA) is 38.8 Å². The van der Waals surface area contributed by atoms with Gasteiger partial charge in [0.05, 0.1) is 0 Å². The molecule has 2 heterocycles. The van der Waals surface area contributed by atoms with Crippen molar-refractivity contribution < 1.29 is 14.3 Å². The van der Waals surface area contributed by atoms with Crippen LogP contribution in [0.5, 0.6) is 11.5 Å². The normalized spacial score (nSPS) is 17.3. The number of amides is 1. The largest absolute Gasteiger partial charge is 0.454 e. The van der Waals surface area contributed by atoms with Crippen LogP contribution in [0.15, 0.2) is 30.4 Å². The second-order valence-corrected chi connectivity index (χ2v) is 4.08. The lowest BCUT2D eigenvalue weighted by Crippen LogP contribution is -2.33. The smallest absolute Gasteiger partial charge is 0.254 e. The predicted molar refractivity (Wildman–Crippen MR) is 62.2 cm³/mol. The maximum Gasteiger partial charge on any atom is 0.254 e. The lowest BCUT2D eigenvalue weighted by molar-refractivity contribution is 0.0770. The van der Waals surface area contributed by atoms with Crippen LogP contribution >= 0.6 is 0 Å². The summed E-state index contributed by atoms with van der Waals surface area (Å²) in [5.74, 6) is 1.41. The molecule has 3 rings (SSSR count). The van der Waals surface area contributed by atoms with E-state index in [0.717, 1.165) is 13.0 Å². The van der Waals surface area contributed by atoms with Gasteiger partial charge in [-0.1, -0.05) is 12.2 Å². The van der Waals surface area contributed by atoms with Crippen molar-refractivity contribution in [1.82, 2.24) is 4.90 Å². The Morgan fingerprint density at radius 3 is 2.88 bits per heavy atom. The van der Waals surface area contributed by atoms with E-state index in [0.29, 0.717) is 23.6 Å². The van der Waals surface area contributed by atoms with Crippen LogP contribution in [0.3, 0.4) is 0 Å². The minimum atomic E-state index is 0.0488. The molecule has 0 unspecified atom stereocenters. The quantitative estimate of drug-likeness (QED) is 0.692. The Hall–Kier alpha value is -1.97. The van der Waals surface area contributed by atoms with Gasteiger partial charge in [0.1, 0.15) is 0 Å². The molecule has 0 aromatic heterocycles. The molecule has 0 bridgehead atoms. The Balaban J connectivity index is 1.84. The number of carbonyl (C=O) groups is 1. The zero-order valence-electron chi connectivity index (χ0n) is 9.39. The number of hydrogen-bond acceptors (Lipinski definition) is 3. The highest BCUT2D eigenvalue weighted by Crippen LogP contribution is 2.32. The van der Waals surface area contributed by atoms with Gasteiger partial charge in [-0.2, -0.15) is 0 Å². The maximum atomic E-state index is 12.2. The van der Waals surface area contributed by atoms with E-state index >= 15 is 0 Å². The number of ether oxygens (including phenoxy) is 2. The zero-order chi connectivity index (χ0) is 11.7. The fourth-order valence-electron chi connectivity index (χ4n) is 2.04. The molecule has 0 fully saturated rings. The molecule has 0 atom stereocenters. The second-order valence-electron chi connectivity index (χ2n) is 4.08. The van der Waals surface area contributed by atoms with E-state index in [4.69, 9.17) is 9.47 Å². The molecule has 2 aliphatic rings. The van der Waals surface area contributed by atoms with Crippen LogP contribution in [0.25, 0.3) is 0 Å². The maximum absolute atomic E-state index is 12.2. The molecule has 2 aliphatic heterocycles. The SMILES string of the molecule is O=C(c1ccc2c(c1)OCO2)N1CC=CCC1. The lowest BCUT2D eigenvalue weighted by atomic mass is 10.1. The summed E-state index contributed by atoms with van der Waals surface area (Å²) >= 11 is 0. The molecule has 17 heavy (non-hydrogen) atoms. The molecule has 1 aromatic rings. The zero-order valence-corrected chi connectivity index (χ0v) is 9.39. The van der Waals surface area contributed by atoms with E-state index in [9.17, 15) is 4.79 Å². The molecular weight excluding hydrogens is 218 g/mol. The van der Waals surface area contributed by atoms with Crippen LogP contribution < -0.4 is 9.47 Å². The molecule has 0 N–H and O–H groups in total. The predicted octanol–water partition coefficient (Wildman–Crippen LogP) is 1.82. The first kappa shape index (κ1) is 10.2. The summed E-state index contributed by atoms with van der Waals surface area (Å²) < 4.78 is 10.5. The third kappa shape index (κ3) is 1.86. The molecule has 4 nitrogen and oxygen atoms in total. The number of fused-ring (bicyclic) bond motifs is 1. The number of benzene rings is 1. The monoisotopic (exact) mass is 231 g/mol. The van der Waals surface area contributed by atoms with Crippen LogP contribution in [0, 0.1) is 0 Å². The standard InChI is InChI=1S/C13H13NO3/c15-13(14-6-2-1-3-7-14)10-4-5-11-12(8-10)17-9-16-11/h1-2,4-5,8H,3,6-7,9H2. The Bertz CT molecular complexity index is 482. The molecule has 0 spiro atoms. The minimum Gasteiger partial charge on any atom is -0.454 e. The van der Waals surface area contributed by atoms with E-state index < -0.39 is 0 Å². The van der Waals surface area contributed by atoms with Crippen molar-refractivity contribution in [3.8, 4) is 11.5 Å². The van der Waals surface area contributed by atoms with Crippen LogP contribution in [-0.4, -0.2) is 30.7 Å². The first-order valence-corrected chi connectivity index (χ1v) is 5.68. The van der Waals surface area contributed by atoms with Gasteiger partial charge in [0.15, 0.2) is 11.5 Å². The molecule has 88 valence electrons. The minimum absolute atomic E-state index is 0.0488. The molecule has 0 saturated heterocycles. The van der Waals surface area contributed by atoms with Gasteiger partial charge >= 0.3 is 0 Å². The summed E-state index contributed by atoms with van der Waals surface area (Å²) in [5.41, 5.74) is 0.657. The Morgan fingerprint density at radius 2 is 2.06 bits per heavy atom. The highest BCUT2D eigenvalue weighted by Gasteiger charge is 2.20. The third-order valence-corrected chi connectivity index (χ3v) is 2.96. The van der Waals surface area contributed by atoms with Crippen molar-refractivity contribution in [3.63, 3.8) is 0 Å². The van der Waals surface area contributed by atoms with Crippen molar-refractivity contribution in [2.75, 3.05) is 19.9 Å². The Kier molecular flexibility index (Phi) is 2.48. The van der Waals surface area contributed by atoms with Crippen molar-refractivity contribution in [1.29, 1.82) is 0 Å². The number of hydrogen-bond donors (Lipinski definition) is 0. The van der Waals surface area contributed by atoms with E-state index in [-0.39, 0.29) is 12.7 Å². The van der Waals surface area contributed by atoms with Gasteiger partial charge in [0.2, 0.25) is 6.79 Å². The Labute approximate surface area is 99.4 Å². The Morgan fingerprint density at radius 1 is 1.18 bits per heavy atom.